The van der Waals surface area contributed by atoms with Crippen molar-refractivity contribution in [2.45, 2.75) is 27.7 Å². The molecule has 1 aliphatic rings. The van der Waals surface area contributed by atoms with Crippen molar-refractivity contribution in [2.24, 2.45) is 10.8 Å². The number of allylic oxidation sites excluding steroid dienone is 2. The van der Waals surface area contributed by atoms with Crippen molar-refractivity contribution in [1.82, 2.24) is 0 Å². The third-order valence-electron chi connectivity index (χ3n) is 3.20. The van der Waals surface area contributed by atoms with Crippen LogP contribution in [0.15, 0.2) is 24.7 Å². The van der Waals surface area contributed by atoms with Gasteiger partial charge in [0.05, 0.1) is 0 Å². The maximum Gasteiger partial charge on any atom is 0.103 e. The molecule has 1 saturated heterocycles. The number of hydrogen-bond donors (Lipinski definition) is 0. The van der Waals surface area contributed by atoms with E-state index in [2.05, 4.69) is 40.9 Å². The Kier molecular flexibility index (Phi) is 1.45. The van der Waals surface area contributed by atoms with Gasteiger partial charge in [-0.3, -0.25) is 0 Å². The molecule has 0 spiro atoms. The van der Waals surface area contributed by atoms with Crippen LogP contribution < -0.4 is 0 Å². The van der Waals surface area contributed by atoms with Crippen molar-refractivity contribution in [1.29, 1.82) is 0 Å². The van der Waals surface area contributed by atoms with E-state index in [1.54, 1.807) is 0 Å². The van der Waals surface area contributed by atoms with E-state index >= 15 is 0 Å². The van der Waals surface area contributed by atoms with Crippen LogP contribution in [0, 0.1) is 10.8 Å². The molecule has 11 heavy (non-hydrogen) atoms. The van der Waals surface area contributed by atoms with Crippen LogP contribution in [-0.4, -0.2) is 0 Å². The summed E-state index contributed by atoms with van der Waals surface area (Å²) in [6.07, 6.45) is 0. The number of hydrogen-bond acceptors (Lipinski definition) is 1. The Morgan fingerprint density at radius 3 is 1.27 bits per heavy atom. The summed E-state index contributed by atoms with van der Waals surface area (Å²) >= 11 is 0. The summed E-state index contributed by atoms with van der Waals surface area (Å²) in [6.45, 7) is 16.3. The minimum absolute atomic E-state index is 0.00405. The summed E-state index contributed by atoms with van der Waals surface area (Å²) in [5.74, 6) is 1.65. The van der Waals surface area contributed by atoms with Crippen LogP contribution in [-0.2, 0) is 4.74 Å². The first-order valence-electron chi connectivity index (χ1n) is 3.87. The Labute approximate surface area is 68.8 Å². The van der Waals surface area contributed by atoms with Gasteiger partial charge in [-0.25, -0.2) is 0 Å². The summed E-state index contributed by atoms with van der Waals surface area (Å²) in [5, 5.41) is 0. The zero-order valence-electron chi connectivity index (χ0n) is 7.82. The van der Waals surface area contributed by atoms with Crippen LogP contribution in [0.4, 0.5) is 0 Å². The molecule has 0 atom stereocenters. The van der Waals surface area contributed by atoms with Crippen LogP contribution in [0.2, 0.25) is 0 Å². The Hall–Kier alpha value is -0.720. The SMILES string of the molecule is C=C1OC(=C)C(C)(C)C1(C)C. The molecule has 0 aromatic heterocycles. The first-order chi connectivity index (χ1) is 4.80. The zero-order chi connectivity index (χ0) is 8.86. The van der Waals surface area contributed by atoms with E-state index in [0.717, 1.165) is 11.5 Å². The topological polar surface area (TPSA) is 9.23 Å². The lowest BCUT2D eigenvalue weighted by Gasteiger charge is -2.31. The molecule has 1 rings (SSSR count). The minimum Gasteiger partial charge on any atom is -0.466 e. The van der Waals surface area contributed by atoms with Gasteiger partial charge in [-0.2, -0.15) is 0 Å². The average molecular weight is 152 g/mol. The molecule has 0 aliphatic carbocycles. The molecule has 0 bridgehead atoms. The fourth-order valence-corrected chi connectivity index (χ4v) is 1.10. The van der Waals surface area contributed by atoms with E-state index in [-0.39, 0.29) is 10.8 Å². The summed E-state index contributed by atoms with van der Waals surface area (Å²) in [4.78, 5) is 0. The van der Waals surface area contributed by atoms with Crippen LogP contribution in [0.1, 0.15) is 27.7 Å². The lowest BCUT2D eigenvalue weighted by atomic mass is 9.68. The molecule has 0 radical (unpaired) electrons. The van der Waals surface area contributed by atoms with Gasteiger partial charge in [-0.1, -0.05) is 40.9 Å². The van der Waals surface area contributed by atoms with Crippen molar-refractivity contribution >= 4 is 0 Å². The summed E-state index contributed by atoms with van der Waals surface area (Å²) in [7, 11) is 0. The van der Waals surface area contributed by atoms with Gasteiger partial charge in [-0.05, 0) is 0 Å². The fourth-order valence-electron chi connectivity index (χ4n) is 1.10. The first kappa shape index (κ1) is 8.38. The molecule has 1 fully saturated rings. The lowest BCUT2D eigenvalue weighted by Crippen LogP contribution is -2.27. The quantitative estimate of drug-likeness (QED) is 0.518. The van der Waals surface area contributed by atoms with E-state index in [0.29, 0.717) is 0 Å². The maximum atomic E-state index is 5.40. The summed E-state index contributed by atoms with van der Waals surface area (Å²) in [5.41, 5.74) is 0.00810. The fraction of sp³-hybridized carbons (Fsp3) is 0.600. The molecule has 0 unspecified atom stereocenters. The van der Waals surface area contributed by atoms with Gasteiger partial charge in [0.2, 0.25) is 0 Å². The Morgan fingerprint density at radius 1 is 0.909 bits per heavy atom. The van der Waals surface area contributed by atoms with Crippen LogP contribution in [0.5, 0.6) is 0 Å². The molecule has 0 saturated carbocycles. The van der Waals surface area contributed by atoms with Crippen molar-refractivity contribution in [3.05, 3.63) is 24.7 Å². The largest absolute Gasteiger partial charge is 0.466 e. The van der Waals surface area contributed by atoms with Crippen LogP contribution >= 0.6 is 0 Å². The summed E-state index contributed by atoms with van der Waals surface area (Å²) < 4.78 is 5.40. The molecule has 62 valence electrons. The highest BCUT2D eigenvalue weighted by Crippen LogP contribution is 2.55. The molecule has 1 nitrogen and oxygen atoms in total. The van der Waals surface area contributed by atoms with Gasteiger partial charge in [0, 0.05) is 10.8 Å². The van der Waals surface area contributed by atoms with Gasteiger partial charge in [-0.15, -0.1) is 0 Å². The normalized spacial score (nSPS) is 26.9. The van der Waals surface area contributed by atoms with E-state index in [4.69, 9.17) is 4.74 Å². The van der Waals surface area contributed by atoms with Crippen LogP contribution in [0.25, 0.3) is 0 Å². The highest BCUT2D eigenvalue weighted by molar-refractivity contribution is 5.23. The van der Waals surface area contributed by atoms with Crippen molar-refractivity contribution in [2.75, 3.05) is 0 Å². The van der Waals surface area contributed by atoms with Crippen LogP contribution in [0.3, 0.4) is 0 Å². The zero-order valence-corrected chi connectivity index (χ0v) is 7.82. The van der Waals surface area contributed by atoms with Gasteiger partial charge >= 0.3 is 0 Å². The first-order valence-corrected chi connectivity index (χ1v) is 3.87. The highest BCUT2D eigenvalue weighted by Gasteiger charge is 2.49. The molecular weight excluding hydrogens is 136 g/mol. The van der Waals surface area contributed by atoms with E-state index in [1.807, 2.05) is 0 Å². The molecular formula is C10H16O. The lowest BCUT2D eigenvalue weighted by molar-refractivity contribution is 0.234. The molecule has 0 N–H and O–H groups in total. The monoisotopic (exact) mass is 152 g/mol. The highest BCUT2D eigenvalue weighted by atomic mass is 16.5. The second kappa shape index (κ2) is 1.90. The van der Waals surface area contributed by atoms with Gasteiger partial charge in [0.1, 0.15) is 11.5 Å². The Bertz CT molecular complexity index is 197. The molecule has 0 amide bonds. The molecule has 0 aromatic rings. The summed E-state index contributed by atoms with van der Waals surface area (Å²) in [6, 6.07) is 0. The van der Waals surface area contributed by atoms with E-state index in [9.17, 15) is 0 Å². The average Bonchev–Trinajstić information content (AvgIpc) is 1.95. The predicted octanol–water partition coefficient (Wildman–Crippen LogP) is 3.10. The Balaban J connectivity index is 3.15. The smallest absolute Gasteiger partial charge is 0.103 e. The van der Waals surface area contributed by atoms with E-state index < -0.39 is 0 Å². The second-order valence-electron chi connectivity index (χ2n) is 4.20. The molecule has 0 aromatic carbocycles. The molecule has 1 heterocycles. The number of ether oxygens (including phenoxy) is 1. The standard InChI is InChI=1S/C10H16O/c1-7-9(3,4)10(5,6)8(2)11-7/h1-2H2,3-6H3. The Morgan fingerprint density at radius 2 is 1.18 bits per heavy atom. The maximum absolute atomic E-state index is 5.40. The van der Waals surface area contributed by atoms with Crippen molar-refractivity contribution in [3.8, 4) is 0 Å². The van der Waals surface area contributed by atoms with Gasteiger partial charge < -0.3 is 4.74 Å². The third kappa shape index (κ3) is 0.834. The predicted molar refractivity (Wildman–Crippen MR) is 46.9 cm³/mol. The van der Waals surface area contributed by atoms with Gasteiger partial charge in [0.25, 0.3) is 0 Å². The molecule has 1 aliphatic heterocycles. The minimum atomic E-state index is 0.00405. The number of rotatable bonds is 0. The second-order valence-corrected chi connectivity index (χ2v) is 4.20. The van der Waals surface area contributed by atoms with Gasteiger partial charge in [0.15, 0.2) is 0 Å². The van der Waals surface area contributed by atoms with Crippen molar-refractivity contribution < 1.29 is 4.74 Å². The van der Waals surface area contributed by atoms with Crippen molar-refractivity contribution in [3.63, 3.8) is 0 Å². The third-order valence-corrected chi connectivity index (χ3v) is 3.20. The molecule has 1 heteroatoms. The van der Waals surface area contributed by atoms with E-state index in [1.165, 1.54) is 0 Å².